The quantitative estimate of drug-likeness (QED) is 0.377. The van der Waals surface area contributed by atoms with Crippen molar-refractivity contribution in [2.75, 3.05) is 13.7 Å². The van der Waals surface area contributed by atoms with Crippen LogP contribution in [-0.2, 0) is 35.1 Å². The number of hydrogen-bond donors (Lipinski definition) is 2. The maximum absolute atomic E-state index is 13.5. The highest BCUT2D eigenvalue weighted by Crippen LogP contribution is 2.26. The average Bonchev–Trinajstić information content (AvgIpc) is 3.01. The van der Waals surface area contributed by atoms with Crippen LogP contribution >= 0.6 is 11.6 Å². The van der Waals surface area contributed by atoms with E-state index >= 15 is 0 Å². The van der Waals surface area contributed by atoms with Crippen molar-refractivity contribution in [3.8, 4) is 5.75 Å². The first-order valence-corrected chi connectivity index (χ1v) is 15.7. The summed E-state index contributed by atoms with van der Waals surface area (Å²) in [7, 11) is 1.50. The summed E-state index contributed by atoms with van der Waals surface area (Å²) < 4.78 is 16.9. The highest BCUT2D eigenvalue weighted by atomic mass is 35.5. The molecule has 0 saturated heterocycles. The van der Waals surface area contributed by atoms with Gasteiger partial charge in [-0.05, 0) is 67.7 Å². The summed E-state index contributed by atoms with van der Waals surface area (Å²) in [6.45, 7) is 8.87. The van der Waals surface area contributed by atoms with Gasteiger partial charge in [0.05, 0.1) is 17.5 Å². The molecule has 1 aromatic carbocycles. The smallest absolute Gasteiger partial charge is 0.347 e. The van der Waals surface area contributed by atoms with Gasteiger partial charge in [-0.3, -0.25) is 19.4 Å². The Bertz CT molecular complexity index is 1420. The average molecular weight is 654 g/mol. The van der Waals surface area contributed by atoms with Crippen LogP contribution < -0.4 is 15.4 Å². The number of ether oxygens (including phenoxy) is 3. The van der Waals surface area contributed by atoms with Crippen LogP contribution in [-0.4, -0.2) is 60.6 Å². The van der Waals surface area contributed by atoms with E-state index in [-0.39, 0.29) is 37.6 Å². The molecule has 3 rings (SSSR count). The van der Waals surface area contributed by atoms with Gasteiger partial charge in [-0.25, -0.2) is 4.79 Å². The highest BCUT2D eigenvalue weighted by Gasteiger charge is 2.37. The lowest BCUT2D eigenvalue weighted by atomic mass is 9.93. The standard InChI is InChI=1S/C35H44ClN3O7/c1-22(2)18-30-33(42)45-28(23(3)10-11-24-14-16-37-17-15-24)8-7-9-31(40)39-27(20-25-12-13-29(44-6)26(36)19-25)32(41)38-21-35(4,5)34(43)46-30/h7,9-17,19,22-23,27-28,30H,8,18,20-21H2,1-6H3,(H,38,41)(H,39,40)/b9-7-,11-10+/t23-,27-,28+,30+/m1/s1. The number of aromatic nitrogens is 1. The molecule has 0 unspecified atom stereocenters. The number of rotatable bonds is 8. The molecule has 0 spiro atoms. The number of cyclic esters (lactones) is 2. The van der Waals surface area contributed by atoms with E-state index in [9.17, 15) is 19.2 Å². The number of amides is 2. The molecule has 2 N–H and O–H groups in total. The predicted octanol–water partition coefficient (Wildman–Crippen LogP) is 5.09. The number of hydrogen-bond acceptors (Lipinski definition) is 8. The van der Waals surface area contributed by atoms with E-state index in [0.717, 1.165) is 5.56 Å². The van der Waals surface area contributed by atoms with Crippen molar-refractivity contribution in [2.45, 2.75) is 72.1 Å². The van der Waals surface area contributed by atoms with Crippen LogP contribution in [0.25, 0.3) is 6.08 Å². The van der Waals surface area contributed by atoms with Crippen molar-refractivity contribution < 1.29 is 33.4 Å². The van der Waals surface area contributed by atoms with Crippen LogP contribution in [0.1, 0.15) is 58.6 Å². The Labute approximate surface area is 275 Å². The van der Waals surface area contributed by atoms with Gasteiger partial charge in [0.1, 0.15) is 17.9 Å². The van der Waals surface area contributed by atoms with Gasteiger partial charge in [0.2, 0.25) is 11.8 Å². The van der Waals surface area contributed by atoms with Crippen LogP contribution in [0, 0.1) is 17.3 Å². The summed E-state index contributed by atoms with van der Waals surface area (Å²) in [5.41, 5.74) is 0.425. The normalized spacial score (nSPS) is 22.8. The van der Waals surface area contributed by atoms with Crippen molar-refractivity contribution >= 4 is 41.4 Å². The van der Waals surface area contributed by atoms with Crippen molar-refractivity contribution in [3.63, 3.8) is 0 Å². The van der Waals surface area contributed by atoms with Crippen LogP contribution in [0.15, 0.2) is 61.0 Å². The zero-order chi connectivity index (χ0) is 33.9. The van der Waals surface area contributed by atoms with E-state index in [0.29, 0.717) is 16.3 Å². The second-order valence-electron chi connectivity index (χ2n) is 12.5. The summed E-state index contributed by atoms with van der Waals surface area (Å²) in [5.74, 6) is -2.09. The molecule has 46 heavy (non-hydrogen) atoms. The minimum atomic E-state index is -1.19. The van der Waals surface area contributed by atoms with Gasteiger partial charge >= 0.3 is 11.9 Å². The first-order chi connectivity index (χ1) is 21.8. The Balaban J connectivity index is 1.93. The molecule has 0 bridgehead atoms. The largest absolute Gasteiger partial charge is 0.495 e. The van der Waals surface area contributed by atoms with Crippen molar-refractivity contribution in [1.29, 1.82) is 0 Å². The van der Waals surface area contributed by atoms with Crippen molar-refractivity contribution in [1.82, 2.24) is 15.6 Å². The Kier molecular flexibility index (Phi) is 13.4. The second-order valence-corrected chi connectivity index (χ2v) is 12.9. The van der Waals surface area contributed by atoms with Gasteiger partial charge in [0.15, 0.2) is 6.10 Å². The fraction of sp³-hybridized carbons (Fsp3) is 0.457. The first-order valence-electron chi connectivity index (χ1n) is 15.4. The zero-order valence-corrected chi connectivity index (χ0v) is 28.0. The minimum absolute atomic E-state index is 0.0250. The van der Waals surface area contributed by atoms with Crippen molar-refractivity contribution in [2.24, 2.45) is 17.3 Å². The van der Waals surface area contributed by atoms with E-state index in [1.165, 1.54) is 13.2 Å². The molecule has 1 aliphatic heterocycles. The molecule has 248 valence electrons. The topological polar surface area (TPSA) is 133 Å². The van der Waals surface area contributed by atoms with Crippen molar-refractivity contribution in [3.05, 3.63) is 77.1 Å². The molecule has 0 aliphatic carbocycles. The molecular weight excluding hydrogens is 610 g/mol. The monoisotopic (exact) mass is 653 g/mol. The number of pyridine rings is 1. The third kappa shape index (κ3) is 11.0. The predicted molar refractivity (Wildman–Crippen MR) is 176 cm³/mol. The molecule has 0 radical (unpaired) electrons. The van der Waals surface area contributed by atoms with Gasteiger partial charge in [-0.2, -0.15) is 0 Å². The van der Waals surface area contributed by atoms with Crippen LogP contribution in [0.2, 0.25) is 5.02 Å². The summed E-state index contributed by atoms with van der Waals surface area (Å²) in [5, 5.41) is 5.89. The molecule has 2 aromatic rings. The lowest BCUT2D eigenvalue weighted by Crippen LogP contribution is -2.51. The third-order valence-electron chi connectivity index (χ3n) is 7.53. The fourth-order valence-corrected chi connectivity index (χ4v) is 4.96. The number of carbonyl (C=O) groups excluding carboxylic acids is 4. The Morgan fingerprint density at radius 3 is 2.46 bits per heavy atom. The van der Waals surface area contributed by atoms with Crippen LogP contribution in [0.5, 0.6) is 5.75 Å². The number of esters is 2. The molecule has 2 heterocycles. The van der Waals surface area contributed by atoms with E-state index in [1.807, 2.05) is 45.1 Å². The Morgan fingerprint density at radius 2 is 1.80 bits per heavy atom. The summed E-state index contributed by atoms with van der Waals surface area (Å²) in [4.78, 5) is 57.3. The zero-order valence-electron chi connectivity index (χ0n) is 27.2. The molecule has 0 saturated carbocycles. The van der Waals surface area contributed by atoms with Gasteiger partial charge in [0.25, 0.3) is 0 Å². The Morgan fingerprint density at radius 1 is 1.09 bits per heavy atom. The number of halogens is 1. The number of nitrogens with one attached hydrogen (secondary N) is 2. The maximum atomic E-state index is 13.5. The van der Waals surface area contributed by atoms with E-state index in [2.05, 4.69) is 15.6 Å². The van der Waals surface area contributed by atoms with Crippen LogP contribution in [0.4, 0.5) is 0 Å². The molecule has 4 atom stereocenters. The molecule has 10 nitrogen and oxygen atoms in total. The lowest BCUT2D eigenvalue weighted by Gasteiger charge is -2.29. The summed E-state index contributed by atoms with van der Waals surface area (Å²) in [6, 6.07) is 7.84. The molecular formula is C35H44ClN3O7. The summed E-state index contributed by atoms with van der Waals surface area (Å²) in [6.07, 6.45) is 8.86. The van der Waals surface area contributed by atoms with Crippen LogP contribution in [0.3, 0.4) is 0 Å². The van der Waals surface area contributed by atoms with E-state index in [1.54, 1.807) is 50.5 Å². The minimum Gasteiger partial charge on any atom is -0.495 e. The maximum Gasteiger partial charge on any atom is 0.347 e. The molecule has 1 aromatic heterocycles. The third-order valence-corrected chi connectivity index (χ3v) is 7.83. The SMILES string of the molecule is COc1ccc(C[C@H]2NC(=O)/C=C\C[C@@H]([C@H](C)/C=C/c3ccncc3)OC(=O)[C@H](CC(C)C)OC(=O)C(C)(C)CNC2=O)cc1Cl. The van der Waals surface area contributed by atoms with Gasteiger partial charge in [-0.15, -0.1) is 0 Å². The summed E-state index contributed by atoms with van der Waals surface area (Å²) >= 11 is 6.30. The molecule has 0 fully saturated rings. The van der Waals surface area contributed by atoms with Gasteiger partial charge in [-0.1, -0.05) is 56.7 Å². The Hall–Kier alpha value is -4.18. The number of nitrogens with zero attached hydrogens (tertiary/aromatic N) is 1. The van der Waals surface area contributed by atoms with Gasteiger partial charge in [0, 0.05) is 37.7 Å². The van der Waals surface area contributed by atoms with E-state index in [4.69, 9.17) is 25.8 Å². The second kappa shape index (κ2) is 16.9. The lowest BCUT2D eigenvalue weighted by molar-refractivity contribution is -0.178. The van der Waals surface area contributed by atoms with Gasteiger partial charge < -0.3 is 24.8 Å². The molecule has 11 heteroatoms. The number of benzene rings is 1. The molecule has 2 amide bonds. The fourth-order valence-electron chi connectivity index (χ4n) is 4.68. The van der Waals surface area contributed by atoms with E-state index < -0.39 is 47.4 Å². The first kappa shape index (κ1) is 36.3. The number of methoxy groups -OCH3 is 1. The highest BCUT2D eigenvalue weighted by molar-refractivity contribution is 6.32. The number of carbonyl (C=O) groups is 4. The molecule has 1 aliphatic rings.